The monoisotopic (exact) mass is 380 g/mol. The maximum Gasteiger partial charge on any atom is 0.239 e. The Morgan fingerprint density at radius 2 is 1.74 bits per heavy atom. The number of nitrogens with one attached hydrogen (secondary N) is 2. The highest BCUT2D eigenvalue weighted by atomic mass is 79.9. The van der Waals surface area contributed by atoms with E-state index in [0.717, 1.165) is 30.2 Å². The number of carbonyl (C=O) groups excluding carboxylic acids is 2. The first-order chi connectivity index (χ1) is 10.9. The van der Waals surface area contributed by atoms with E-state index in [2.05, 4.69) is 26.6 Å². The fourth-order valence-corrected chi connectivity index (χ4v) is 3.15. The zero-order chi connectivity index (χ0) is 16.9. The summed E-state index contributed by atoms with van der Waals surface area (Å²) in [5, 5.41) is 5.89. The van der Waals surface area contributed by atoms with Gasteiger partial charge in [0.05, 0.1) is 0 Å². The molecule has 5 heteroatoms. The molecule has 0 unspecified atom stereocenters. The van der Waals surface area contributed by atoms with Gasteiger partial charge in [-0.3, -0.25) is 9.59 Å². The van der Waals surface area contributed by atoms with Crippen LogP contribution in [0.2, 0.25) is 0 Å². The molecule has 1 aliphatic carbocycles. The van der Waals surface area contributed by atoms with Gasteiger partial charge in [-0.25, -0.2) is 0 Å². The molecule has 0 aliphatic heterocycles. The van der Waals surface area contributed by atoms with E-state index in [9.17, 15) is 9.59 Å². The second-order valence-electron chi connectivity index (χ2n) is 6.75. The Balaban J connectivity index is 1.97. The van der Waals surface area contributed by atoms with Crippen LogP contribution in [0.1, 0.15) is 52.4 Å². The average molecular weight is 381 g/mol. The lowest BCUT2D eigenvalue weighted by molar-refractivity contribution is -0.138. The average Bonchev–Trinajstić information content (AvgIpc) is 2.75. The van der Waals surface area contributed by atoms with Crippen molar-refractivity contribution < 1.29 is 9.59 Å². The maximum absolute atomic E-state index is 12.6. The fourth-order valence-electron chi connectivity index (χ4n) is 2.75. The summed E-state index contributed by atoms with van der Waals surface area (Å²) in [5.74, 6) is -0.487. The Morgan fingerprint density at radius 3 is 2.35 bits per heavy atom. The highest BCUT2D eigenvalue weighted by Gasteiger charge is 2.37. The molecule has 1 aliphatic rings. The van der Waals surface area contributed by atoms with E-state index in [1.54, 1.807) is 13.8 Å². The van der Waals surface area contributed by atoms with Gasteiger partial charge < -0.3 is 10.6 Å². The summed E-state index contributed by atoms with van der Waals surface area (Å²) >= 11 is 3.37. The van der Waals surface area contributed by atoms with Crippen molar-refractivity contribution in [3.8, 4) is 0 Å². The third-order valence-corrected chi connectivity index (χ3v) is 4.90. The summed E-state index contributed by atoms with van der Waals surface area (Å²) in [6.07, 6.45) is 6.79. The quantitative estimate of drug-likeness (QED) is 0.605. The summed E-state index contributed by atoms with van der Waals surface area (Å²) < 4.78 is 0.885. The van der Waals surface area contributed by atoms with Crippen LogP contribution in [-0.2, 0) is 9.59 Å². The van der Waals surface area contributed by atoms with Crippen LogP contribution in [0.15, 0.2) is 28.7 Å². The Hall–Kier alpha value is -1.36. The molecule has 23 heavy (non-hydrogen) atoms. The van der Waals surface area contributed by atoms with Crippen molar-refractivity contribution in [1.82, 2.24) is 5.32 Å². The molecule has 0 radical (unpaired) electrons. The predicted octanol–water partition coefficient (Wildman–Crippen LogP) is 4.25. The number of amides is 2. The number of hydrogen-bond acceptors (Lipinski definition) is 2. The van der Waals surface area contributed by atoms with Crippen LogP contribution in [0, 0.1) is 5.41 Å². The minimum absolute atomic E-state index is 0.197. The lowest BCUT2D eigenvalue weighted by Crippen LogP contribution is -2.48. The smallest absolute Gasteiger partial charge is 0.239 e. The molecule has 2 rings (SSSR count). The number of carbonyl (C=O) groups is 2. The molecule has 4 nitrogen and oxygen atoms in total. The molecule has 1 saturated carbocycles. The van der Waals surface area contributed by atoms with Gasteiger partial charge >= 0.3 is 0 Å². The zero-order valence-corrected chi connectivity index (χ0v) is 15.4. The van der Waals surface area contributed by atoms with Crippen molar-refractivity contribution in [2.75, 3.05) is 5.32 Å². The van der Waals surface area contributed by atoms with Gasteiger partial charge in [0, 0.05) is 16.2 Å². The van der Waals surface area contributed by atoms with E-state index >= 15 is 0 Å². The Kier molecular flexibility index (Phi) is 6.22. The highest BCUT2D eigenvalue weighted by molar-refractivity contribution is 9.10. The number of anilines is 1. The molecule has 1 fully saturated rings. The normalized spacial score (nSPS) is 16.5. The van der Waals surface area contributed by atoms with Crippen molar-refractivity contribution >= 4 is 33.4 Å². The molecule has 0 bridgehead atoms. The zero-order valence-electron chi connectivity index (χ0n) is 13.8. The Bertz CT molecular complexity index is 564. The van der Waals surface area contributed by atoms with Gasteiger partial charge in [-0.1, -0.05) is 47.7 Å². The minimum Gasteiger partial charge on any atom is -0.352 e. The molecule has 0 saturated heterocycles. The molecule has 0 heterocycles. The highest BCUT2D eigenvalue weighted by Crippen LogP contribution is 2.23. The molecular weight excluding hydrogens is 356 g/mol. The molecule has 1 aromatic rings. The first kappa shape index (κ1) is 18.0. The van der Waals surface area contributed by atoms with Crippen LogP contribution in [-0.4, -0.2) is 17.9 Å². The second-order valence-corrected chi connectivity index (χ2v) is 7.67. The van der Waals surface area contributed by atoms with Gasteiger partial charge in [-0.2, -0.15) is 0 Å². The van der Waals surface area contributed by atoms with Gasteiger partial charge in [0.25, 0.3) is 0 Å². The van der Waals surface area contributed by atoms with Gasteiger partial charge in [0.1, 0.15) is 5.41 Å². The van der Waals surface area contributed by atoms with Gasteiger partial charge in [-0.15, -0.1) is 0 Å². The molecule has 0 aromatic heterocycles. The standard InChI is InChI=1S/C18H25BrN2O2/c1-18(2,16(22)20-14-9-5-3-4-6-10-14)17(23)21-15-11-7-8-13(19)12-15/h7-8,11-12,14H,3-6,9-10H2,1-2H3,(H,20,22)(H,21,23). The van der Waals surface area contributed by atoms with E-state index in [4.69, 9.17) is 0 Å². The van der Waals surface area contributed by atoms with Crippen molar-refractivity contribution in [3.63, 3.8) is 0 Å². The molecule has 126 valence electrons. The molecule has 2 amide bonds. The van der Waals surface area contributed by atoms with Gasteiger partial charge in [0.2, 0.25) is 11.8 Å². The van der Waals surface area contributed by atoms with Crippen LogP contribution in [0.4, 0.5) is 5.69 Å². The first-order valence-corrected chi connectivity index (χ1v) is 9.07. The van der Waals surface area contributed by atoms with Crippen molar-refractivity contribution in [2.45, 2.75) is 58.4 Å². The summed E-state index contributed by atoms with van der Waals surface area (Å²) in [6.45, 7) is 3.35. The largest absolute Gasteiger partial charge is 0.352 e. The topological polar surface area (TPSA) is 58.2 Å². The third kappa shape index (κ3) is 5.06. The van der Waals surface area contributed by atoms with Gasteiger partial charge in [0.15, 0.2) is 0 Å². The minimum atomic E-state index is -1.10. The van der Waals surface area contributed by atoms with E-state index in [0.29, 0.717) is 5.69 Å². The Morgan fingerprint density at radius 1 is 1.09 bits per heavy atom. The summed E-state index contributed by atoms with van der Waals surface area (Å²) in [6, 6.07) is 7.56. The molecule has 1 aromatic carbocycles. The molecular formula is C18H25BrN2O2. The third-order valence-electron chi connectivity index (χ3n) is 4.41. The van der Waals surface area contributed by atoms with Crippen LogP contribution < -0.4 is 10.6 Å². The molecule has 2 N–H and O–H groups in total. The van der Waals surface area contributed by atoms with E-state index in [1.807, 2.05) is 24.3 Å². The van der Waals surface area contributed by atoms with E-state index in [1.165, 1.54) is 12.8 Å². The lowest BCUT2D eigenvalue weighted by Gasteiger charge is -2.26. The second kappa shape index (κ2) is 7.95. The SMILES string of the molecule is CC(C)(C(=O)Nc1cccc(Br)c1)C(=O)NC1CCCCCC1. The fraction of sp³-hybridized carbons (Fsp3) is 0.556. The van der Waals surface area contributed by atoms with E-state index < -0.39 is 5.41 Å². The van der Waals surface area contributed by atoms with Crippen molar-refractivity contribution in [3.05, 3.63) is 28.7 Å². The van der Waals surface area contributed by atoms with E-state index in [-0.39, 0.29) is 17.9 Å². The molecule has 0 spiro atoms. The first-order valence-electron chi connectivity index (χ1n) is 8.27. The number of benzene rings is 1. The van der Waals surface area contributed by atoms with Crippen molar-refractivity contribution in [2.24, 2.45) is 5.41 Å². The summed E-state index contributed by atoms with van der Waals surface area (Å²) in [7, 11) is 0. The number of halogens is 1. The maximum atomic E-state index is 12.6. The predicted molar refractivity (Wildman–Crippen MR) is 96.2 cm³/mol. The summed E-state index contributed by atoms with van der Waals surface area (Å²) in [4.78, 5) is 25.1. The number of rotatable bonds is 4. The van der Waals surface area contributed by atoms with Crippen LogP contribution >= 0.6 is 15.9 Å². The number of hydrogen-bond donors (Lipinski definition) is 2. The van der Waals surface area contributed by atoms with Crippen LogP contribution in [0.25, 0.3) is 0 Å². The Labute approximate surface area is 146 Å². The van der Waals surface area contributed by atoms with Crippen LogP contribution in [0.5, 0.6) is 0 Å². The van der Waals surface area contributed by atoms with Crippen LogP contribution in [0.3, 0.4) is 0 Å². The summed E-state index contributed by atoms with van der Waals surface area (Å²) in [5.41, 5.74) is -0.422. The lowest BCUT2D eigenvalue weighted by atomic mass is 9.90. The molecule has 0 atom stereocenters. The van der Waals surface area contributed by atoms with Crippen molar-refractivity contribution in [1.29, 1.82) is 0 Å². The van der Waals surface area contributed by atoms with Gasteiger partial charge in [-0.05, 0) is 44.9 Å².